The summed E-state index contributed by atoms with van der Waals surface area (Å²) >= 11 is 0. The van der Waals surface area contributed by atoms with E-state index in [1.54, 1.807) is 26.8 Å². The monoisotopic (exact) mass is 418 g/mol. The van der Waals surface area contributed by atoms with Gasteiger partial charge in [0.15, 0.2) is 5.79 Å². The zero-order valence-electron chi connectivity index (χ0n) is 17.1. The molecule has 3 N–H and O–H groups in total. The van der Waals surface area contributed by atoms with Crippen LogP contribution in [0.1, 0.15) is 33.6 Å². The quantitative estimate of drug-likeness (QED) is 0.422. The molecule has 162 valence electrons. The molecule has 2 aliphatic heterocycles. The fraction of sp³-hybridized carbons (Fsp3) is 0.727. The number of aliphatic hydroxyl groups is 2. The number of carboxylic acids is 1. The van der Waals surface area contributed by atoms with Gasteiger partial charge in [0.25, 0.3) is 0 Å². The lowest BCUT2D eigenvalue weighted by Crippen LogP contribution is -2.53. The van der Waals surface area contributed by atoms with Crippen LogP contribution >= 0.6 is 0 Å². The van der Waals surface area contributed by atoms with E-state index in [0.717, 1.165) is 0 Å². The van der Waals surface area contributed by atoms with Crippen molar-refractivity contribution in [2.75, 3.05) is 0 Å². The van der Waals surface area contributed by atoms with Crippen molar-refractivity contribution in [1.82, 2.24) is 0 Å². The Balaban J connectivity index is 1.63. The zero-order chi connectivity index (χ0) is 21.6. The van der Waals surface area contributed by atoms with Gasteiger partial charge in [0.05, 0.1) is 24.2 Å². The minimum atomic E-state index is -1.41. The van der Waals surface area contributed by atoms with Crippen LogP contribution in [0.2, 0.25) is 0 Å². The van der Waals surface area contributed by atoms with E-state index < -0.39 is 75.8 Å². The molecule has 0 aromatic rings. The molecule has 5 fully saturated rings. The first kappa shape index (κ1) is 19.0. The van der Waals surface area contributed by atoms with Crippen LogP contribution in [0.3, 0.4) is 0 Å². The highest BCUT2D eigenvalue weighted by Crippen LogP contribution is 2.79. The van der Waals surface area contributed by atoms with E-state index >= 15 is 0 Å². The minimum absolute atomic E-state index is 0.228. The first-order valence-corrected chi connectivity index (χ1v) is 10.5. The molecule has 0 aromatic carbocycles. The van der Waals surface area contributed by atoms with E-state index in [-0.39, 0.29) is 6.42 Å². The first-order valence-electron chi connectivity index (χ1n) is 10.5. The van der Waals surface area contributed by atoms with Crippen LogP contribution < -0.4 is 0 Å². The van der Waals surface area contributed by atoms with Crippen molar-refractivity contribution in [2.24, 2.45) is 28.6 Å². The molecule has 2 spiro atoms. The van der Waals surface area contributed by atoms with Gasteiger partial charge in [0, 0.05) is 17.3 Å². The normalized spacial score (nSPS) is 59.0. The lowest BCUT2D eigenvalue weighted by molar-refractivity contribution is -0.169. The summed E-state index contributed by atoms with van der Waals surface area (Å²) in [6.07, 6.45) is 1.03. The number of hydrogen-bond donors (Lipinski definition) is 3. The maximum Gasteiger partial charge on any atom is 0.316 e. The van der Waals surface area contributed by atoms with Gasteiger partial charge in [-0.3, -0.25) is 9.59 Å². The lowest BCUT2D eigenvalue weighted by Gasteiger charge is -2.46. The van der Waals surface area contributed by atoms with E-state index in [9.17, 15) is 24.9 Å². The molecule has 6 rings (SSSR count). The van der Waals surface area contributed by atoms with Gasteiger partial charge in [0.2, 0.25) is 0 Å². The number of hydrogen-bond acceptors (Lipinski definition) is 7. The van der Waals surface area contributed by atoms with E-state index in [1.165, 1.54) is 6.08 Å². The predicted octanol–water partition coefficient (Wildman–Crippen LogP) is 0.767. The van der Waals surface area contributed by atoms with Crippen molar-refractivity contribution in [3.05, 3.63) is 24.3 Å². The predicted molar refractivity (Wildman–Crippen MR) is 99.8 cm³/mol. The molecular weight excluding hydrogens is 392 g/mol. The van der Waals surface area contributed by atoms with Crippen molar-refractivity contribution in [2.45, 2.75) is 68.9 Å². The molecule has 30 heavy (non-hydrogen) atoms. The number of esters is 1. The van der Waals surface area contributed by atoms with E-state index in [2.05, 4.69) is 6.58 Å². The first-order chi connectivity index (χ1) is 13.9. The molecule has 0 aromatic heterocycles. The summed E-state index contributed by atoms with van der Waals surface area (Å²) in [4.78, 5) is 25.7. The molecule has 2 saturated heterocycles. The van der Waals surface area contributed by atoms with Crippen molar-refractivity contribution in [1.29, 1.82) is 0 Å². The third kappa shape index (κ3) is 1.60. The van der Waals surface area contributed by atoms with Crippen molar-refractivity contribution in [3.8, 4) is 0 Å². The summed E-state index contributed by atoms with van der Waals surface area (Å²) in [5.74, 6) is -5.05. The fourth-order valence-electron chi connectivity index (χ4n) is 8.20. The van der Waals surface area contributed by atoms with Crippen LogP contribution in [0.5, 0.6) is 0 Å². The summed E-state index contributed by atoms with van der Waals surface area (Å²) < 4.78 is 18.4. The fourth-order valence-corrected chi connectivity index (χ4v) is 8.20. The Bertz CT molecular complexity index is 955. The van der Waals surface area contributed by atoms with Gasteiger partial charge in [-0.1, -0.05) is 12.7 Å². The van der Waals surface area contributed by atoms with Crippen molar-refractivity contribution in [3.63, 3.8) is 0 Å². The average Bonchev–Trinajstić information content (AvgIpc) is 3.19. The van der Waals surface area contributed by atoms with Crippen LogP contribution in [0.4, 0.5) is 0 Å². The van der Waals surface area contributed by atoms with Gasteiger partial charge in [0.1, 0.15) is 16.6 Å². The third-order valence-corrected chi connectivity index (χ3v) is 9.14. The van der Waals surface area contributed by atoms with E-state index in [0.29, 0.717) is 12.0 Å². The number of rotatable bonds is 1. The van der Waals surface area contributed by atoms with Crippen LogP contribution in [-0.4, -0.2) is 62.6 Å². The third-order valence-electron chi connectivity index (χ3n) is 9.14. The van der Waals surface area contributed by atoms with Crippen LogP contribution in [0.15, 0.2) is 24.3 Å². The molecule has 8 heteroatoms. The molecule has 3 saturated carbocycles. The Morgan fingerprint density at radius 2 is 1.97 bits per heavy atom. The Morgan fingerprint density at radius 3 is 2.63 bits per heavy atom. The van der Waals surface area contributed by atoms with Crippen LogP contribution in [0, 0.1) is 28.6 Å². The number of carboxylic acid groups (broad SMARTS) is 1. The number of aliphatic carboxylic acids is 1. The maximum absolute atomic E-state index is 13.0. The molecule has 8 nitrogen and oxygen atoms in total. The SMILES string of the molecule is C=C1C(O)C23CC14OC(C)(C)OC4CC2C12C=CC(O)C(C)(C(=O)O1)C2C3C(=O)O. The maximum atomic E-state index is 13.0. The smallest absolute Gasteiger partial charge is 0.316 e. The molecule has 4 bridgehead atoms. The molecule has 0 amide bonds. The Morgan fingerprint density at radius 1 is 1.27 bits per heavy atom. The molecular formula is C22H26O8. The number of ether oxygens (including phenoxy) is 3. The second kappa shape index (κ2) is 4.85. The minimum Gasteiger partial charge on any atom is -0.481 e. The van der Waals surface area contributed by atoms with E-state index in [4.69, 9.17) is 14.2 Å². The van der Waals surface area contributed by atoms with Gasteiger partial charge in [-0.2, -0.15) is 0 Å². The highest BCUT2D eigenvalue weighted by molar-refractivity contribution is 5.86. The summed E-state index contributed by atoms with van der Waals surface area (Å²) in [6, 6.07) is 0. The van der Waals surface area contributed by atoms with Crippen molar-refractivity contribution < 1.29 is 39.1 Å². The van der Waals surface area contributed by atoms with Gasteiger partial charge < -0.3 is 29.5 Å². The Hall–Kier alpha value is -1.74. The molecule has 10 atom stereocenters. The van der Waals surface area contributed by atoms with Gasteiger partial charge in [-0.15, -0.1) is 0 Å². The Kier molecular flexibility index (Phi) is 3.07. The van der Waals surface area contributed by atoms with Gasteiger partial charge in [-0.05, 0) is 45.3 Å². The second-order valence-corrected chi connectivity index (χ2v) is 10.6. The molecule has 10 unspecified atom stereocenters. The molecule has 2 heterocycles. The number of aliphatic hydroxyl groups excluding tert-OH is 2. The topological polar surface area (TPSA) is 123 Å². The molecule has 4 aliphatic carbocycles. The highest BCUT2D eigenvalue weighted by Gasteiger charge is 2.87. The van der Waals surface area contributed by atoms with Crippen molar-refractivity contribution >= 4 is 11.9 Å². The van der Waals surface area contributed by atoms with Crippen LogP contribution in [0.25, 0.3) is 0 Å². The molecule has 0 radical (unpaired) electrons. The second-order valence-electron chi connectivity index (χ2n) is 10.6. The number of carbonyl (C=O) groups excluding carboxylic acids is 1. The molecule has 6 aliphatic rings. The standard InChI is InChI=1S/C22H26O8/c1-9-15(24)20-8-22(9)12(28-18(2,3)30-22)7-10(20)21-6-5-11(23)19(4,17(27)29-21)14(21)13(20)16(25)26/h5-6,10-15,23-24H,1,7-8H2,2-4H3,(H,25,26). The van der Waals surface area contributed by atoms with Gasteiger partial charge >= 0.3 is 11.9 Å². The zero-order valence-corrected chi connectivity index (χ0v) is 17.1. The number of carbonyl (C=O) groups is 2. The lowest BCUT2D eigenvalue weighted by atomic mass is 9.60. The van der Waals surface area contributed by atoms with Gasteiger partial charge in [-0.25, -0.2) is 0 Å². The summed E-state index contributed by atoms with van der Waals surface area (Å²) in [5, 5.41) is 32.6. The summed E-state index contributed by atoms with van der Waals surface area (Å²) in [6.45, 7) is 9.28. The Labute approximate surface area is 173 Å². The largest absolute Gasteiger partial charge is 0.481 e. The van der Waals surface area contributed by atoms with E-state index in [1.807, 2.05) is 0 Å². The average molecular weight is 418 g/mol. The summed E-state index contributed by atoms with van der Waals surface area (Å²) in [5.41, 5.74) is -4.31. The highest BCUT2D eigenvalue weighted by atomic mass is 16.8. The van der Waals surface area contributed by atoms with Crippen LogP contribution in [-0.2, 0) is 23.8 Å². The summed E-state index contributed by atoms with van der Waals surface area (Å²) in [7, 11) is 0.